The molecular weight excluding hydrogens is 174 g/mol. The van der Waals surface area contributed by atoms with Crippen LogP contribution in [0.25, 0.3) is 0 Å². The van der Waals surface area contributed by atoms with Gasteiger partial charge in [0.25, 0.3) is 0 Å². The SMILES string of the molecule is CCCOCCNC1CC2CCC1C2. The highest BCUT2D eigenvalue weighted by atomic mass is 16.5. The Balaban J connectivity index is 1.54. The topological polar surface area (TPSA) is 21.3 Å². The number of rotatable bonds is 6. The molecule has 0 aromatic carbocycles. The molecule has 3 unspecified atom stereocenters. The number of hydrogen-bond donors (Lipinski definition) is 1. The van der Waals surface area contributed by atoms with E-state index in [1.165, 1.54) is 25.7 Å². The van der Waals surface area contributed by atoms with Gasteiger partial charge < -0.3 is 10.1 Å². The van der Waals surface area contributed by atoms with Crippen molar-refractivity contribution in [2.24, 2.45) is 11.8 Å². The summed E-state index contributed by atoms with van der Waals surface area (Å²) >= 11 is 0. The van der Waals surface area contributed by atoms with E-state index in [1.54, 1.807) is 0 Å². The fourth-order valence-electron chi connectivity index (χ4n) is 3.06. The zero-order valence-electron chi connectivity index (χ0n) is 9.30. The minimum absolute atomic E-state index is 0.818. The second-order valence-electron chi connectivity index (χ2n) is 4.85. The van der Waals surface area contributed by atoms with Crippen molar-refractivity contribution in [1.29, 1.82) is 0 Å². The number of nitrogens with one attached hydrogen (secondary N) is 1. The second kappa shape index (κ2) is 5.13. The Kier molecular flexibility index (Phi) is 3.82. The Bertz CT molecular complexity index is 172. The van der Waals surface area contributed by atoms with Crippen LogP contribution in [0.4, 0.5) is 0 Å². The van der Waals surface area contributed by atoms with Crippen molar-refractivity contribution >= 4 is 0 Å². The molecule has 2 aliphatic carbocycles. The van der Waals surface area contributed by atoms with E-state index in [4.69, 9.17) is 4.74 Å². The Hall–Kier alpha value is -0.0800. The average Bonchev–Trinajstić information content (AvgIpc) is 2.79. The van der Waals surface area contributed by atoms with Crippen LogP contribution in [0.3, 0.4) is 0 Å². The minimum Gasteiger partial charge on any atom is -0.380 e. The summed E-state index contributed by atoms with van der Waals surface area (Å²) in [5, 5.41) is 3.65. The summed E-state index contributed by atoms with van der Waals surface area (Å²) in [6.07, 6.45) is 7.02. The average molecular weight is 197 g/mol. The van der Waals surface area contributed by atoms with Crippen LogP contribution in [-0.4, -0.2) is 25.8 Å². The van der Waals surface area contributed by atoms with E-state index in [9.17, 15) is 0 Å². The lowest BCUT2D eigenvalue weighted by molar-refractivity contribution is 0.132. The molecule has 0 aliphatic heterocycles. The number of ether oxygens (including phenoxy) is 1. The summed E-state index contributed by atoms with van der Waals surface area (Å²) in [5.74, 6) is 2.04. The summed E-state index contributed by atoms with van der Waals surface area (Å²) in [6, 6.07) is 0.818. The van der Waals surface area contributed by atoms with Gasteiger partial charge in [-0.2, -0.15) is 0 Å². The molecule has 0 amide bonds. The van der Waals surface area contributed by atoms with Crippen molar-refractivity contribution < 1.29 is 4.74 Å². The maximum absolute atomic E-state index is 5.46. The molecule has 2 nitrogen and oxygen atoms in total. The highest BCUT2D eigenvalue weighted by Crippen LogP contribution is 2.44. The lowest BCUT2D eigenvalue weighted by Crippen LogP contribution is -2.36. The van der Waals surface area contributed by atoms with Crippen LogP contribution >= 0.6 is 0 Å². The largest absolute Gasteiger partial charge is 0.380 e. The first-order valence-corrected chi connectivity index (χ1v) is 6.21. The van der Waals surface area contributed by atoms with E-state index < -0.39 is 0 Å². The first-order valence-electron chi connectivity index (χ1n) is 6.21. The summed E-state index contributed by atoms with van der Waals surface area (Å²) in [5.41, 5.74) is 0. The summed E-state index contributed by atoms with van der Waals surface area (Å²) in [4.78, 5) is 0. The van der Waals surface area contributed by atoms with E-state index >= 15 is 0 Å². The molecule has 0 aromatic heterocycles. The summed E-state index contributed by atoms with van der Waals surface area (Å²) in [7, 11) is 0. The summed E-state index contributed by atoms with van der Waals surface area (Å²) in [6.45, 7) is 5.01. The van der Waals surface area contributed by atoms with Gasteiger partial charge in [-0.3, -0.25) is 0 Å². The second-order valence-corrected chi connectivity index (χ2v) is 4.85. The van der Waals surface area contributed by atoms with Crippen molar-refractivity contribution in [2.45, 2.75) is 45.1 Å². The van der Waals surface area contributed by atoms with Gasteiger partial charge in [0.1, 0.15) is 0 Å². The molecule has 82 valence electrons. The highest BCUT2D eigenvalue weighted by Gasteiger charge is 2.38. The van der Waals surface area contributed by atoms with Crippen molar-refractivity contribution in [1.82, 2.24) is 5.32 Å². The Morgan fingerprint density at radius 2 is 2.14 bits per heavy atom. The van der Waals surface area contributed by atoms with Crippen LogP contribution in [0, 0.1) is 11.8 Å². The van der Waals surface area contributed by atoms with Gasteiger partial charge in [0.05, 0.1) is 6.61 Å². The predicted molar refractivity (Wildman–Crippen MR) is 58.3 cm³/mol. The van der Waals surface area contributed by atoms with E-state index in [0.29, 0.717) is 0 Å². The van der Waals surface area contributed by atoms with Crippen molar-refractivity contribution in [3.63, 3.8) is 0 Å². The Morgan fingerprint density at radius 1 is 1.21 bits per heavy atom. The molecule has 2 fully saturated rings. The molecule has 2 saturated carbocycles. The molecule has 0 aromatic rings. The first kappa shape index (κ1) is 10.4. The molecule has 14 heavy (non-hydrogen) atoms. The van der Waals surface area contributed by atoms with Crippen LogP contribution in [0.2, 0.25) is 0 Å². The van der Waals surface area contributed by atoms with Crippen LogP contribution in [-0.2, 0) is 4.74 Å². The fourth-order valence-corrected chi connectivity index (χ4v) is 3.06. The molecule has 2 rings (SSSR count). The third-order valence-electron chi connectivity index (χ3n) is 3.74. The maximum Gasteiger partial charge on any atom is 0.0590 e. The smallest absolute Gasteiger partial charge is 0.0590 e. The first-order chi connectivity index (χ1) is 6.90. The third-order valence-corrected chi connectivity index (χ3v) is 3.74. The zero-order chi connectivity index (χ0) is 9.80. The van der Waals surface area contributed by atoms with Crippen LogP contribution in [0.1, 0.15) is 39.0 Å². The van der Waals surface area contributed by atoms with Crippen LogP contribution in [0.5, 0.6) is 0 Å². The van der Waals surface area contributed by atoms with E-state index in [0.717, 1.165) is 44.1 Å². The van der Waals surface area contributed by atoms with Gasteiger partial charge in [0.2, 0.25) is 0 Å². The maximum atomic E-state index is 5.46. The fraction of sp³-hybridized carbons (Fsp3) is 1.00. The zero-order valence-corrected chi connectivity index (χ0v) is 9.30. The van der Waals surface area contributed by atoms with Gasteiger partial charge >= 0.3 is 0 Å². The normalized spacial score (nSPS) is 35.4. The van der Waals surface area contributed by atoms with Crippen LogP contribution in [0.15, 0.2) is 0 Å². The minimum atomic E-state index is 0.818. The molecule has 3 atom stereocenters. The molecular formula is C12H23NO. The highest BCUT2D eigenvalue weighted by molar-refractivity contribution is 4.93. The molecule has 0 saturated heterocycles. The van der Waals surface area contributed by atoms with Gasteiger partial charge in [0, 0.05) is 19.2 Å². The molecule has 2 heteroatoms. The monoisotopic (exact) mass is 197 g/mol. The van der Waals surface area contributed by atoms with Gasteiger partial charge in [-0.1, -0.05) is 13.3 Å². The van der Waals surface area contributed by atoms with E-state index in [-0.39, 0.29) is 0 Å². The number of fused-ring (bicyclic) bond motifs is 2. The molecule has 0 radical (unpaired) electrons. The molecule has 0 heterocycles. The standard InChI is InChI=1S/C12H23NO/c1-2-6-14-7-5-13-12-9-10-3-4-11(12)8-10/h10-13H,2-9H2,1H3. The van der Waals surface area contributed by atoms with Crippen molar-refractivity contribution in [3.05, 3.63) is 0 Å². The van der Waals surface area contributed by atoms with E-state index in [2.05, 4.69) is 12.2 Å². The molecule has 0 spiro atoms. The quantitative estimate of drug-likeness (QED) is 0.659. The Labute approximate surface area is 87.4 Å². The van der Waals surface area contributed by atoms with Gasteiger partial charge in [0.15, 0.2) is 0 Å². The molecule has 2 aliphatic rings. The Morgan fingerprint density at radius 3 is 2.79 bits per heavy atom. The lowest BCUT2D eigenvalue weighted by atomic mass is 9.95. The molecule has 2 bridgehead atoms. The summed E-state index contributed by atoms with van der Waals surface area (Å²) < 4.78 is 5.46. The van der Waals surface area contributed by atoms with Crippen LogP contribution < -0.4 is 5.32 Å². The molecule has 1 N–H and O–H groups in total. The third kappa shape index (κ3) is 2.48. The van der Waals surface area contributed by atoms with Crippen molar-refractivity contribution in [2.75, 3.05) is 19.8 Å². The number of hydrogen-bond acceptors (Lipinski definition) is 2. The van der Waals surface area contributed by atoms with E-state index in [1.807, 2.05) is 0 Å². The van der Waals surface area contributed by atoms with Gasteiger partial charge in [-0.05, 0) is 37.5 Å². The predicted octanol–water partition coefficient (Wildman–Crippen LogP) is 2.19. The lowest BCUT2D eigenvalue weighted by Gasteiger charge is -2.22. The van der Waals surface area contributed by atoms with Crippen molar-refractivity contribution in [3.8, 4) is 0 Å². The van der Waals surface area contributed by atoms with Gasteiger partial charge in [-0.15, -0.1) is 0 Å². The van der Waals surface area contributed by atoms with Gasteiger partial charge in [-0.25, -0.2) is 0 Å².